The highest BCUT2D eigenvalue weighted by molar-refractivity contribution is 9.10. The Morgan fingerprint density at radius 1 is 1.26 bits per heavy atom. The number of imidazole rings is 1. The summed E-state index contributed by atoms with van der Waals surface area (Å²) in [6.07, 6.45) is 2.11. The number of likely N-dealkylation sites (tertiary alicyclic amines) is 1. The second-order valence-electron chi connectivity index (χ2n) is 8.59. The first-order valence-corrected chi connectivity index (χ1v) is 11.5. The zero-order valence-corrected chi connectivity index (χ0v) is 20.1. The highest BCUT2D eigenvalue weighted by atomic mass is 79.9. The molecule has 1 saturated heterocycles. The van der Waals surface area contributed by atoms with Crippen molar-refractivity contribution in [3.63, 3.8) is 0 Å². The average Bonchev–Trinajstić information content (AvgIpc) is 3.33. The second-order valence-corrected chi connectivity index (χ2v) is 9.51. The quantitative estimate of drug-likeness (QED) is 0.546. The third-order valence-electron chi connectivity index (χ3n) is 5.00. The topological polar surface area (TPSA) is 84.5 Å². The molecule has 3 rings (SSSR count). The lowest BCUT2D eigenvalue weighted by atomic mass is 10.1. The molecule has 0 aliphatic carbocycles. The van der Waals surface area contributed by atoms with Crippen LogP contribution in [0.3, 0.4) is 0 Å². The van der Waals surface area contributed by atoms with Crippen LogP contribution in [0.4, 0.5) is 4.79 Å². The van der Waals surface area contributed by atoms with Crippen molar-refractivity contribution in [3.8, 4) is 11.3 Å². The normalized spacial score (nSPS) is 16.4. The van der Waals surface area contributed by atoms with Crippen LogP contribution in [0.1, 0.15) is 64.5 Å². The van der Waals surface area contributed by atoms with E-state index in [-0.39, 0.29) is 24.5 Å². The second kappa shape index (κ2) is 9.85. The van der Waals surface area contributed by atoms with E-state index in [1.807, 2.05) is 45.0 Å². The van der Waals surface area contributed by atoms with E-state index in [9.17, 15) is 9.59 Å². The van der Waals surface area contributed by atoms with Gasteiger partial charge in [-0.15, -0.1) is 0 Å². The molecule has 7 nitrogen and oxygen atoms in total. The number of carbonyl (C=O) groups is 2. The van der Waals surface area contributed by atoms with Crippen molar-refractivity contribution in [2.45, 2.75) is 65.0 Å². The molecule has 0 radical (unpaired) electrons. The maximum atomic E-state index is 12.7. The number of carbonyl (C=O) groups excluding carboxylic acids is 2. The standard InChI is InChI=1S/C23H30BrN3O4/c1-5-30-19(28)13-12-17-20(15-8-10-16(24)11-9-15)26-21(25-17)18-7-6-14-27(18)22(29)31-23(2,3)4/h8-11,18H,5-7,12-14H2,1-4H3,(H,25,26)/t18-/m0/s1. The van der Waals surface area contributed by atoms with Crippen LogP contribution in [0.15, 0.2) is 28.7 Å². The summed E-state index contributed by atoms with van der Waals surface area (Å²) in [4.78, 5) is 34.7. The summed E-state index contributed by atoms with van der Waals surface area (Å²) in [6.45, 7) is 8.38. The van der Waals surface area contributed by atoms with Gasteiger partial charge in [0.25, 0.3) is 0 Å². The number of aryl methyl sites for hydroxylation is 1. The van der Waals surface area contributed by atoms with Crippen molar-refractivity contribution < 1.29 is 19.1 Å². The Balaban J connectivity index is 1.89. The van der Waals surface area contributed by atoms with Crippen LogP contribution < -0.4 is 0 Å². The molecule has 1 atom stereocenters. The Labute approximate surface area is 191 Å². The number of nitrogens with one attached hydrogen (secondary N) is 1. The van der Waals surface area contributed by atoms with Crippen molar-refractivity contribution >= 4 is 28.0 Å². The summed E-state index contributed by atoms with van der Waals surface area (Å²) < 4.78 is 11.6. The van der Waals surface area contributed by atoms with Gasteiger partial charge in [-0.05, 0) is 52.7 Å². The summed E-state index contributed by atoms with van der Waals surface area (Å²) in [7, 11) is 0. The first-order valence-electron chi connectivity index (χ1n) is 10.7. The molecule has 168 valence electrons. The van der Waals surface area contributed by atoms with Crippen LogP contribution in [0.2, 0.25) is 0 Å². The molecule has 0 saturated carbocycles. The van der Waals surface area contributed by atoms with E-state index < -0.39 is 5.60 Å². The Bertz CT molecular complexity index is 918. The molecule has 0 spiro atoms. The van der Waals surface area contributed by atoms with Crippen LogP contribution in [0.5, 0.6) is 0 Å². The van der Waals surface area contributed by atoms with E-state index in [0.29, 0.717) is 19.6 Å². The number of H-pyrrole nitrogens is 1. The number of hydrogen-bond acceptors (Lipinski definition) is 5. The molecular weight excluding hydrogens is 462 g/mol. The van der Waals surface area contributed by atoms with E-state index in [1.165, 1.54) is 0 Å². The lowest BCUT2D eigenvalue weighted by Crippen LogP contribution is -2.36. The Morgan fingerprint density at radius 3 is 2.61 bits per heavy atom. The van der Waals surface area contributed by atoms with E-state index in [2.05, 4.69) is 20.9 Å². The molecule has 1 aromatic carbocycles. The third kappa shape index (κ3) is 6.09. The van der Waals surface area contributed by atoms with Crippen LogP contribution >= 0.6 is 15.9 Å². The van der Waals surface area contributed by atoms with Crippen molar-refractivity contribution in [1.29, 1.82) is 0 Å². The van der Waals surface area contributed by atoms with E-state index in [0.717, 1.165) is 40.1 Å². The molecule has 0 bridgehead atoms. The van der Waals surface area contributed by atoms with Gasteiger partial charge in [0.15, 0.2) is 0 Å². The molecule has 1 aliphatic heterocycles. The molecule has 0 unspecified atom stereocenters. The number of ether oxygens (including phenoxy) is 2. The van der Waals surface area contributed by atoms with Gasteiger partial charge in [0.2, 0.25) is 0 Å². The minimum absolute atomic E-state index is 0.180. The summed E-state index contributed by atoms with van der Waals surface area (Å²) in [5.74, 6) is 0.483. The number of hydrogen-bond donors (Lipinski definition) is 1. The SMILES string of the molecule is CCOC(=O)CCc1[nH]c([C@@H]2CCCN2C(=O)OC(C)(C)C)nc1-c1ccc(Br)cc1. The molecule has 1 amide bonds. The van der Waals surface area contributed by atoms with Crippen LogP contribution in [-0.4, -0.2) is 45.7 Å². The zero-order chi connectivity index (χ0) is 22.6. The number of benzene rings is 1. The predicted octanol–water partition coefficient (Wildman–Crippen LogP) is 5.41. The molecule has 2 heterocycles. The first kappa shape index (κ1) is 23.3. The fourth-order valence-corrected chi connectivity index (χ4v) is 3.93. The van der Waals surface area contributed by atoms with Crippen molar-refractivity contribution in [2.24, 2.45) is 0 Å². The molecule has 1 aromatic heterocycles. The maximum Gasteiger partial charge on any atom is 0.410 e. The largest absolute Gasteiger partial charge is 0.466 e. The van der Waals surface area contributed by atoms with Gasteiger partial charge in [0.05, 0.1) is 24.8 Å². The minimum Gasteiger partial charge on any atom is -0.466 e. The molecule has 1 N–H and O–H groups in total. The van der Waals surface area contributed by atoms with Gasteiger partial charge in [-0.25, -0.2) is 9.78 Å². The summed E-state index contributed by atoms with van der Waals surface area (Å²) in [5.41, 5.74) is 2.05. The van der Waals surface area contributed by atoms with Gasteiger partial charge in [-0.3, -0.25) is 9.69 Å². The first-order chi connectivity index (χ1) is 14.7. The van der Waals surface area contributed by atoms with Crippen LogP contribution in [-0.2, 0) is 20.7 Å². The number of nitrogens with zero attached hydrogens (tertiary/aromatic N) is 2. The molecule has 1 fully saturated rings. The molecule has 8 heteroatoms. The Kier molecular flexibility index (Phi) is 7.41. The molecule has 31 heavy (non-hydrogen) atoms. The number of aromatic nitrogens is 2. The number of amides is 1. The fraction of sp³-hybridized carbons (Fsp3) is 0.522. The van der Waals surface area contributed by atoms with Crippen molar-refractivity contribution in [3.05, 3.63) is 40.3 Å². The molecule has 2 aromatic rings. The fourth-order valence-electron chi connectivity index (χ4n) is 3.67. The lowest BCUT2D eigenvalue weighted by Gasteiger charge is -2.27. The minimum atomic E-state index is -0.555. The van der Waals surface area contributed by atoms with Gasteiger partial charge >= 0.3 is 12.1 Å². The number of halogens is 1. The highest BCUT2D eigenvalue weighted by Gasteiger charge is 2.35. The van der Waals surface area contributed by atoms with Crippen molar-refractivity contribution in [1.82, 2.24) is 14.9 Å². The van der Waals surface area contributed by atoms with Crippen molar-refractivity contribution in [2.75, 3.05) is 13.2 Å². The number of aromatic amines is 1. The van der Waals surface area contributed by atoms with Crippen LogP contribution in [0.25, 0.3) is 11.3 Å². The monoisotopic (exact) mass is 491 g/mol. The van der Waals surface area contributed by atoms with Gasteiger partial charge < -0.3 is 14.5 Å². The summed E-state index contributed by atoms with van der Waals surface area (Å²) in [6, 6.07) is 7.71. The third-order valence-corrected chi connectivity index (χ3v) is 5.52. The van der Waals surface area contributed by atoms with Crippen LogP contribution in [0, 0.1) is 0 Å². The van der Waals surface area contributed by atoms with Gasteiger partial charge in [0, 0.05) is 28.7 Å². The number of esters is 1. The highest BCUT2D eigenvalue weighted by Crippen LogP contribution is 2.34. The predicted molar refractivity (Wildman–Crippen MR) is 122 cm³/mol. The lowest BCUT2D eigenvalue weighted by molar-refractivity contribution is -0.143. The molecule has 1 aliphatic rings. The smallest absolute Gasteiger partial charge is 0.410 e. The summed E-state index contributed by atoms with van der Waals surface area (Å²) in [5, 5.41) is 0. The van der Waals surface area contributed by atoms with Gasteiger partial charge in [0.1, 0.15) is 11.4 Å². The molecular formula is C23H30BrN3O4. The van der Waals surface area contributed by atoms with E-state index in [1.54, 1.807) is 11.8 Å². The Hall–Kier alpha value is -2.35. The van der Waals surface area contributed by atoms with E-state index >= 15 is 0 Å². The maximum absolute atomic E-state index is 12.7. The number of rotatable bonds is 6. The van der Waals surface area contributed by atoms with Gasteiger partial charge in [-0.2, -0.15) is 0 Å². The zero-order valence-electron chi connectivity index (χ0n) is 18.5. The Morgan fingerprint density at radius 2 is 1.97 bits per heavy atom. The van der Waals surface area contributed by atoms with Gasteiger partial charge in [-0.1, -0.05) is 28.1 Å². The average molecular weight is 492 g/mol. The van der Waals surface area contributed by atoms with E-state index in [4.69, 9.17) is 14.5 Å². The summed E-state index contributed by atoms with van der Waals surface area (Å²) >= 11 is 3.46.